The Morgan fingerprint density at radius 3 is 2.66 bits per heavy atom. The number of halogens is 2. The number of amides is 1. The van der Waals surface area contributed by atoms with Crippen LogP contribution in [0, 0.1) is 12.7 Å². The van der Waals surface area contributed by atoms with Gasteiger partial charge in [0.05, 0.1) is 23.2 Å². The highest BCUT2D eigenvalue weighted by molar-refractivity contribution is 7.99. The Hall–Kier alpha value is -3.16. The molecule has 4 aromatic rings. The molecule has 5 nitrogen and oxygen atoms in total. The molecule has 4 rings (SSSR count). The van der Waals surface area contributed by atoms with Crippen LogP contribution in [0.4, 0.5) is 10.1 Å². The topological polar surface area (TPSA) is 64.0 Å². The van der Waals surface area contributed by atoms with Gasteiger partial charge in [0.1, 0.15) is 5.82 Å². The molecular formula is C24H19ClFN3O2S. The number of nitrogens with one attached hydrogen (secondary N) is 1. The second-order valence-electron chi connectivity index (χ2n) is 7.23. The first-order valence-electron chi connectivity index (χ1n) is 9.83. The normalized spacial score (nSPS) is 11.0. The lowest BCUT2D eigenvalue weighted by Crippen LogP contribution is -2.25. The zero-order valence-corrected chi connectivity index (χ0v) is 18.7. The smallest absolute Gasteiger partial charge is 0.262 e. The lowest BCUT2D eigenvalue weighted by molar-refractivity contribution is -0.113. The summed E-state index contributed by atoms with van der Waals surface area (Å²) in [5.74, 6) is -0.531. The standard InChI is InChI=1S/C24H19ClFN3O2S/c1-15-6-9-17(25)12-21(15)27-22(30)14-32-24-28-20-5-3-2-4-19(20)23(31)29(24)13-16-7-10-18(26)11-8-16/h2-12H,13-14H2,1H3,(H,27,30). The fourth-order valence-electron chi connectivity index (χ4n) is 3.21. The summed E-state index contributed by atoms with van der Waals surface area (Å²) < 4.78 is 14.8. The zero-order chi connectivity index (χ0) is 22.7. The zero-order valence-electron chi connectivity index (χ0n) is 17.1. The Bertz CT molecular complexity index is 1360. The van der Waals surface area contributed by atoms with E-state index in [9.17, 15) is 14.0 Å². The second-order valence-corrected chi connectivity index (χ2v) is 8.60. The molecule has 1 N–H and O–H groups in total. The van der Waals surface area contributed by atoms with Crippen LogP contribution in [0.3, 0.4) is 0 Å². The Balaban J connectivity index is 1.61. The summed E-state index contributed by atoms with van der Waals surface area (Å²) in [5.41, 5.74) is 2.63. The van der Waals surface area contributed by atoms with E-state index in [1.807, 2.05) is 19.1 Å². The minimum Gasteiger partial charge on any atom is -0.325 e. The maximum Gasteiger partial charge on any atom is 0.262 e. The lowest BCUT2D eigenvalue weighted by Gasteiger charge is -2.14. The number of aromatic nitrogens is 2. The molecule has 0 saturated carbocycles. The maximum absolute atomic E-state index is 13.3. The summed E-state index contributed by atoms with van der Waals surface area (Å²) >= 11 is 7.19. The fraction of sp³-hybridized carbons (Fsp3) is 0.125. The first kappa shape index (κ1) is 22.0. The van der Waals surface area contributed by atoms with E-state index in [0.717, 1.165) is 11.1 Å². The summed E-state index contributed by atoms with van der Waals surface area (Å²) in [4.78, 5) is 30.3. The van der Waals surface area contributed by atoms with Gasteiger partial charge in [-0.3, -0.25) is 14.2 Å². The molecule has 0 atom stereocenters. The number of carbonyl (C=O) groups is 1. The number of fused-ring (bicyclic) bond motifs is 1. The molecule has 8 heteroatoms. The van der Waals surface area contributed by atoms with Gasteiger partial charge in [0, 0.05) is 10.7 Å². The summed E-state index contributed by atoms with van der Waals surface area (Å²) in [6, 6.07) is 18.3. The quantitative estimate of drug-likeness (QED) is 0.309. The molecule has 0 aliphatic heterocycles. The highest BCUT2D eigenvalue weighted by Gasteiger charge is 2.14. The van der Waals surface area contributed by atoms with Gasteiger partial charge in [-0.15, -0.1) is 0 Å². The second kappa shape index (κ2) is 9.54. The van der Waals surface area contributed by atoms with Crippen LogP contribution in [0.25, 0.3) is 10.9 Å². The SMILES string of the molecule is Cc1ccc(Cl)cc1NC(=O)CSc1nc2ccccc2c(=O)n1Cc1ccc(F)cc1. The minimum absolute atomic E-state index is 0.0557. The molecule has 32 heavy (non-hydrogen) atoms. The summed E-state index contributed by atoms with van der Waals surface area (Å²) in [7, 11) is 0. The predicted octanol–water partition coefficient (Wildman–Crippen LogP) is 5.28. The number of anilines is 1. The molecule has 0 aliphatic carbocycles. The Morgan fingerprint density at radius 2 is 1.88 bits per heavy atom. The van der Waals surface area contributed by atoms with E-state index in [1.165, 1.54) is 28.5 Å². The van der Waals surface area contributed by atoms with Crippen molar-refractivity contribution in [2.45, 2.75) is 18.6 Å². The molecule has 1 heterocycles. The van der Waals surface area contributed by atoms with Gasteiger partial charge in [0.25, 0.3) is 5.56 Å². The van der Waals surface area contributed by atoms with Gasteiger partial charge in [0.2, 0.25) is 5.91 Å². The van der Waals surface area contributed by atoms with Gasteiger partial charge in [0.15, 0.2) is 5.16 Å². The van der Waals surface area contributed by atoms with E-state index in [0.29, 0.717) is 26.8 Å². The van der Waals surface area contributed by atoms with Gasteiger partial charge in [-0.2, -0.15) is 0 Å². The van der Waals surface area contributed by atoms with Crippen LogP contribution in [-0.2, 0) is 11.3 Å². The number of aryl methyl sites for hydroxylation is 1. The number of benzene rings is 3. The van der Waals surface area contributed by atoms with Crippen LogP contribution in [0.5, 0.6) is 0 Å². The number of nitrogens with zero attached hydrogens (tertiary/aromatic N) is 2. The van der Waals surface area contributed by atoms with E-state index < -0.39 is 0 Å². The van der Waals surface area contributed by atoms with Crippen LogP contribution >= 0.6 is 23.4 Å². The van der Waals surface area contributed by atoms with Crippen LogP contribution in [0.15, 0.2) is 76.7 Å². The maximum atomic E-state index is 13.3. The van der Waals surface area contributed by atoms with E-state index in [1.54, 1.807) is 42.5 Å². The molecule has 0 radical (unpaired) electrons. The van der Waals surface area contributed by atoms with Crippen molar-refractivity contribution in [2.24, 2.45) is 0 Å². The number of para-hydroxylation sites is 1. The number of rotatable bonds is 6. The molecule has 0 unspecified atom stereocenters. The van der Waals surface area contributed by atoms with Crippen molar-refractivity contribution in [1.82, 2.24) is 9.55 Å². The molecule has 1 amide bonds. The first-order chi connectivity index (χ1) is 15.4. The summed E-state index contributed by atoms with van der Waals surface area (Å²) in [5, 5.41) is 4.28. The number of thioether (sulfide) groups is 1. The molecule has 0 aliphatic rings. The van der Waals surface area contributed by atoms with Gasteiger partial charge in [-0.05, 0) is 54.4 Å². The van der Waals surface area contributed by atoms with E-state index in [4.69, 9.17) is 11.6 Å². The largest absolute Gasteiger partial charge is 0.325 e. The number of hydrogen-bond acceptors (Lipinski definition) is 4. The number of carbonyl (C=O) groups excluding carboxylic acids is 1. The summed E-state index contributed by atoms with van der Waals surface area (Å²) in [6.45, 7) is 2.10. The van der Waals surface area contributed by atoms with Crippen LogP contribution in [0.2, 0.25) is 5.02 Å². The molecule has 0 bridgehead atoms. The van der Waals surface area contributed by atoms with Crippen LogP contribution in [-0.4, -0.2) is 21.2 Å². The first-order valence-corrected chi connectivity index (χ1v) is 11.2. The van der Waals surface area contributed by atoms with Crippen molar-refractivity contribution < 1.29 is 9.18 Å². The van der Waals surface area contributed by atoms with Crippen molar-refractivity contribution >= 4 is 45.9 Å². The van der Waals surface area contributed by atoms with E-state index >= 15 is 0 Å². The molecule has 0 saturated heterocycles. The molecule has 162 valence electrons. The van der Waals surface area contributed by atoms with Gasteiger partial charge in [-0.1, -0.05) is 53.7 Å². The van der Waals surface area contributed by atoms with Gasteiger partial charge < -0.3 is 5.32 Å². The molecular weight excluding hydrogens is 449 g/mol. The third kappa shape index (κ3) is 5.00. The third-order valence-corrected chi connectivity index (χ3v) is 6.10. The molecule has 0 fully saturated rings. The number of hydrogen-bond donors (Lipinski definition) is 1. The minimum atomic E-state index is -0.347. The van der Waals surface area contributed by atoms with Gasteiger partial charge >= 0.3 is 0 Å². The monoisotopic (exact) mass is 467 g/mol. The van der Waals surface area contributed by atoms with Crippen molar-refractivity contribution in [3.63, 3.8) is 0 Å². The Morgan fingerprint density at radius 1 is 1.12 bits per heavy atom. The lowest BCUT2D eigenvalue weighted by atomic mass is 10.2. The third-order valence-electron chi connectivity index (χ3n) is 4.89. The van der Waals surface area contributed by atoms with Crippen molar-refractivity contribution in [3.05, 3.63) is 99.1 Å². The summed E-state index contributed by atoms with van der Waals surface area (Å²) in [6.07, 6.45) is 0. The van der Waals surface area contributed by atoms with Crippen molar-refractivity contribution in [2.75, 3.05) is 11.1 Å². The Labute approximate surface area is 193 Å². The van der Waals surface area contributed by atoms with Crippen LogP contribution < -0.4 is 10.9 Å². The average Bonchev–Trinajstić information content (AvgIpc) is 2.78. The van der Waals surface area contributed by atoms with E-state index in [-0.39, 0.29) is 29.6 Å². The molecule has 1 aromatic heterocycles. The van der Waals surface area contributed by atoms with Crippen molar-refractivity contribution in [1.29, 1.82) is 0 Å². The highest BCUT2D eigenvalue weighted by Crippen LogP contribution is 2.22. The highest BCUT2D eigenvalue weighted by atomic mass is 35.5. The molecule has 0 spiro atoms. The molecule has 3 aromatic carbocycles. The van der Waals surface area contributed by atoms with Crippen molar-refractivity contribution in [3.8, 4) is 0 Å². The van der Waals surface area contributed by atoms with E-state index in [2.05, 4.69) is 10.3 Å². The van der Waals surface area contributed by atoms with Gasteiger partial charge in [-0.25, -0.2) is 9.37 Å². The Kier molecular flexibility index (Phi) is 6.58. The fourth-order valence-corrected chi connectivity index (χ4v) is 4.19. The van der Waals surface area contributed by atoms with Crippen LogP contribution in [0.1, 0.15) is 11.1 Å². The predicted molar refractivity (Wildman–Crippen MR) is 127 cm³/mol. The average molecular weight is 468 g/mol.